The molecule has 0 aliphatic heterocycles. The normalized spacial score (nSPS) is 24.1. The molecule has 0 saturated carbocycles. The molecule has 1 aromatic rings. The molecular formula is C13H20N2O. The van der Waals surface area contributed by atoms with Crippen molar-refractivity contribution in [3.8, 4) is 5.75 Å². The van der Waals surface area contributed by atoms with Crippen molar-refractivity contribution in [2.45, 2.75) is 38.3 Å². The van der Waals surface area contributed by atoms with Crippen molar-refractivity contribution >= 4 is 0 Å². The van der Waals surface area contributed by atoms with Crippen LogP contribution in [0.1, 0.15) is 36.9 Å². The van der Waals surface area contributed by atoms with Gasteiger partial charge in [-0.3, -0.25) is 0 Å². The Morgan fingerprint density at radius 2 is 2.31 bits per heavy atom. The summed E-state index contributed by atoms with van der Waals surface area (Å²) in [6, 6.07) is 6.07. The first-order valence-corrected chi connectivity index (χ1v) is 6.03. The van der Waals surface area contributed by atoms with Crippen molar-refractivity contribution in [3.63, 3.8) is 0 Å². The van der Waals surface area contributed by atoms with Gasteiger partial charge in [-0.1, -0.05) is 19.1 Å². The minimum absolute atomic E-state index is 0.154. The van der Waals surface area contributed by atoms with Gasteiger partial charge in [0.1, 0.15) is 5.75 Å². The first kappa shape index (κ1) is 11.4. The fourth-order valence-corrected chi connectivity index (χ4v) is 2.43. The molecule has 88 valence electrons. The van der Waals surface area contributed by atoms with E-state index < -0.39 is 0 Å². The summed E-state index contributed by atoms with van der Waals surface area (Å²) in [5.74, 6) is 0.410. The number of phenolic OH excluding ortho intramolecular Hbond substituents is 1. The molecule has 0 heterocycles. The van der Waals surface area contributed by atoms with Crippen LogP contribution in [0.2, 0.25) is 0 Å². The highest BCUT2D eigenvalue weighted by Crippen LogP contribution is 2.34. The quantitative estimate of drug-likeness (QED) is 0.726. The molecule has 3 nitrogen and oxygen atoms in total. The number of rotatable bonds is 3. The molecule has 16 heavy (non-hydrogen) atoms. The van der Waals surface area contributed by atoms with Gasteiger partial charge in [-0.2, -0.15) is 0 Å². The second kappa shape index (κ2) is 4.85. The summed E-state index contributed by atoms with van der Waals surface area (Å²) in [5, 5.41) is 13.3. The highest BCUT2D eigenvalue weighted by molar-refractivity contribution is 5.43. The van der Waals surface area contributed by atoms with Crippen LogP contribution in [0.3, 0.4) is 0 Å². The monoisotopic (exact) mass is 220 g/mol. The van der Waals surface area contributed by atoms with E-state index >= 15 is 0 Å². The zero-order valence-corrected chi connectivity index (χ0v) is 9.74. The highest BCUT2D eigenvalue weighted by Gasteiger charge is 2.27. The van der Waals surface area contributed by atoms with Crippen LogP contribution in [0, 0.1) is 0 Å². The number of nitrogens with two attached hydrogens (primary N) is 1. The summed E-state index contributed by atoms with van der Waals surface area (Å²) >= 11 is 0. The Balaban J connectivity index is 2.29. The minimum Gasteiger partial charge on any atom is -0.508 e. The van der Waals surface area contributed by atoms with Gasteiger partial charge in [0.2, 0.25) is 0 Å². The summed E-state index contributed by atoms with van der Waals surface area (Å²) < 4.78 is 0. The molecule has 2 atom stereocenters. The maximum atomic E-state index is 9.82. The van der Waals surface area contributed by atoms with Gasteiger partial charge in [0.15, 0.2) is 0 Å². The maximum Gasteiger partial charge on any atom is 0.119 e. The number of benzene rings is 1. The third-order valence-electron chi connectivity index (χ3n) is 3.29. The summed E-state index contributed by atoms with van der Waals surface area (Å²) in [6.07, 6.45) is 2.91. The predicted molar refractivity (Wildman–Crippen MR) is 65.4 cm³/mol. The Morgan fingerprint density at radius 3 is 3.06 bits per heavy atom. The third-order valence-corrected chi connectivity index (χ3v) is 3.29. The molecule has 2 rings (SSSR count). The maximum absolute atomic E-state index is 9.82. The number of nitrogens with one attached hydrogen (secondary N) is 1. The van der Waals surface area contributed by atoms with E-state index in [-0.39, 0.29) is 12.1 Å². The molecule has 2 unspecified atom stereocenters. The standard InChI is InChI=1S/C13H20N2O/c1-2-8-15-13-10-4-3-5-12(16)9(10)6-7-11(13)14/h3-5,11,13,15-16H,2,6-8,14H2,1H3. The average Bonchev–Trinajstić information content (AvgIpc) is 2.28. The van der Waals surface area contributed by atoms with Crippen LogP contribution < -0.4 is 11.1 Å². The van der Waals surface area contributed by atoms with Gasteiger partial charge in [-0.05, 0) is 43.0 Å². The number of phenols is 1. The molecule has 1 aromatic carbocycles. The molecule has 1 aliphatic carbocycles. The van der Waals surface area contributed by atoms with Gasteiger partial charge in [0.05, 0.1) is 0 Å². The smallest absolute Gasteiger partial charge is 0.119 e. The van der Waals surface area contributed by atoms with Crippen LogP contribution in [0.4, 0.5) is 0 Å². The fourth-order valence-electron chi connectivity index (χ4n) is 2.43. The van der Waals surface area contributed by atoms with Crippen molar-refractivity contribution in [3.05, 3.63) is 29.3 Å². The zero-order valence-electron chi connectivity index (χ0n) is 9.74. The SMILES string of the molecule is CCCNC1c2cccc(O)c2CCC1N. The Labute approximate surface area is 96.7 Å². The summed E-state index contributed by atoms with van der Waals surface area (Å²) in [5.41, 5.74) is 8.38. The van der Waals surface area contributed by atoms with Gasteiger partial charge in [0, 0.05) is 12.1 Å². The van der Waals surface area contributed by atoms with Crippen LogP contribution in [0.15, 0.2) is 18.2 Å². The van der Waals surface area contributed by atoms with Crippen LogP contribution >= 0.6 is 0 Å². The summed E-state index contributed by atoms with van der Waals surface area (Å²) in [4.78, 5) is 0. The molecule has 0 fully saturated rings. The summed E-state index contributed by atoms with van der Waals surface area (Å²) in [7, 11) is 0. The first-order chi connectivity index (χ1) is 7.74. The Morgan fingerprint density at radius 1 is 1.50 bits per heavy atom. The second-order valence-corrected chi connectivity index (χ2v) is 4.48. The third kappa shape index (κ3) is 2.06. The van der Waals surface area contributed by atoms with Crippen LogP contribution in [0.5, 0.6) is 5.75 Å². The van der Waals surface area contributed by atoms with Crippen LogP contribution in [-0.4, -0.2) is 17.7 Å². The van der Waals surface area contributed by atoms with Crippen molar-refractivity contribution in [2.24, 2.45) is 5.73 Å². The molecule has 0 saturated heterocycles. The lowest BCUT2D eigenvalue weighted by atomic mass is 9.84. The van der Waals surface area contributed by atoms with Crippen molar-refractivity contribution in [1.29, 1.82) is 0 Å². The van der Waals surface area contributed by atoms with E-state index in [1.165, 1.54) is 5.56 Å². The van der Waals surface area contributed by atoms with Crippen molar-refractivity contribution < 1.29 is 5.11 Å². The molecule has 0 spiro atoms. The van der Waals surface area contributed by atoms with E-state index in [1.54, 1.807) is 6.07 Å². The largest absolute Gasteiger partial charge is 0.508 e. The molecule has 3 heteroatoms. The van der Waals surface area contributed by atoms with E-state index in [4.69, 9.17) is 5.73 Å². The lowest BCUT2D eigenvalue weighted by Gasteiger charge is -2.32. The molecule has 0 radical (unpaired) electrons. The number of hydrogen-bond donors (Lipinski definition) is 3. The lowest BCUT2D eigenvalue weighted by molar-refractivity contribution is 0.389. The number of fused-ring (bicyclic) bond motifs is 1. The molecular weight excluding hydrogens is 200 g/mol. The Kier molecular flexibility index (Phi) is 3.46. The minimum atomic E-state index is 0.154. The highest BCUT2D eigenvalue weighted by atomic mass is 16.3. The molecule has 0 bridgehead atoms. The topological polar surface area (TPSA) is 58.3 Å². The molecule has 0 aromatic heterocycles. The van der Waals surface area contributed by atoms with Gasteiger partial charge in [-0.25, -0.2) is 0 Å². The van der Waals surface area contributed by atoms with E-state index in [2.05, 4.69) is 18.3 Å². The Hall–Kier alpha value is -1.06. The van der Waals surface area contributed by atoms with Gasteiger partial charge in [0.25, 0.3) is 0 Å². The Bertz CT molecular complexity index is 365. The van der Waals surface area contributed by atoms with Gasteiger partial charge >= 0.3 is 0 Å². The van der Waals surface area contributed by atoms with E-state index in [9.17, 15) is 5.11 Å². The molecule has 1 aliphatic rings. The van der Waals surface area contributed by atoms with Crippen molar-refractivity contribution in [1.82, 2.24) is 5.32 Å². The van der Waals surface area contributed by atoms with Gasteiger partial charge in [-0.15, -0.1) is 0 Å². The fraction of sp³-hybridized carbons (Fsp3) is 0.538. The van der Waals surface area contributed by atoms with E-state index in [0.717, 1.165) is 31.4 Å². The molecule has 0 amide bonds. The van der Waals surface area contributed by atoms with Gasteiger partial charge < -0.3 is 16.2 Å². The number of aromatic hydroxyl groups is 1. The molecule has 4 N–H and O–H groups in total. The first-order valence-electron chi connectivity index (χ1n) is 6.03. The predicted octanol–water partition coefficient (Wildman–Crippen LogP) is 1.71. The lowest BCUT2D eigenvalue weighted by Crippen LogP contribution is -2.41. The second-order valence-electron chi connectivity index (χ2n) is 4.48. The van der Waals surface area contributed by atoms with Crippen LogP contribution in [-0.2, 0) is 6.42 Å². The van der Waals surface area contributed by atoms with E-state index in [1.807, 2.05) is 6.07 Å². The number of hydrogen-bond acceptors (Lipinski definition) is 3. The summed E-state index contributed by atoms with van der Waals surface area (Å²) in [6.45, 7) is 3.11. The van der Waals surface area contributed by atoms with Crippen LogP contribution in [0.25, 0.3) is 0 Å². The van der Waals surface area contributed by atoms with Crippen molar-refractivity contribution in [2.75, 3.05) is 6.54 Å². The average molecular weight is 220 g/mol. The van der Waals surface area contributed by atoms with E-state index in [0.29, 0.717) is 5.75 Å². The zero-order chi connectivity index (χ0) is 11.5.